The molecule has 1 rings (SSSR count). The molecule has 3 heteroatoms. The van der Waals surface area contributed by atoms with E-state index < -0.39 is 0 Å². The van der Waals surface area contributed by atoms with Crippen molar-refractivity contribution < 1.29 is 4.79 Å². The summed E-state index contributed by atoms with van der Waals surface area (Å²) in [4.78, 5) is 14.3. The van der Waals surface area contributed by atoms with Crippen LogP contribution in [0.5, 0.6) is 0 Å². The zero-order valence-corrected chi connectivity index (χ0v) is 13.4. The van der Waals surface area contributed by atoms with Gasteiger partial charge in [0.2, 0.25) is 5.91 Å². The number of hydrogen-bond acceptors (Lipinski definition) is 2. The molecule has 1 N–H and O–H groups in total. The highest BCUT2D eigenvalue weighted by Crippen LogP contribution is 2.18. The zero-order valence-electron chi connectivity index (χ0n) is 13.4. The highest BCUT2D eigenvalue weighted by Gasteiger charge is 2.27. The van der Waals surface area contributed by atoms with Crippen LogP contribution in [0.3, 0.4) is 0 Å². The molecule has 2 unspecified atom stereocenters. The van der Waals surface area contributed by atoms with Gasteiger partial charge in [-0.2, -0.15) is 0 Å². The summed E-state index contributed by atoms with van der Waals surface area (Å²) in [5.74, 6) is 2.14. The first-order valence-electron chi connectivity index (χ1n) is 7.89. The second kappa shape index (κ2) is 7.88. The SMILES string of the molecule is CC(C)CCNC1CC(C)CN(C(=O)CC(C)C)C1. The Morgan fingerprint density at radius 1 is 1.21 bits per heavy atom. The lowest BCUT2D eigenvalue weighted by Gasteiger charge is -2.37. The molecule has 19 heavy (non-hydrogen) atoms. The molecule has 1 saturated heterocycles. The van der Waals surface area contributed by atoms with Crippen molar-refractivity contribution in [2.75, 3.05) is 19.6 Å². The van der Waals surface area contributed by atoms with Gasteiger partial charge in [-0.15, -0.1) is 0 Å². The number of carbonyl (C=O) groups excluding carboxylic acids is 1. The molecule has 1 aliphatic rings. The van der Waals surface area contributed by atoms with Gasteiger partial charge in [-0.05, 0) is 37.1 Å². The van der Waals surface area contributed by atoms with Crippen LogP contribution < -0.4 is 5.32 Å². The van der Waals surface area contributed by atoms with Crippen molar-refractivity contribution in [3.05, 3.63) is 0 Å². The Morgan fingerprint density at radius 2 is 1.89 bits per heavy atom. The fourth-order valence-electron chi connectivity index (χ4n) is 2.76. The van der Waals surface area contributed by atoms with Gasteiger partial charge in [-0.3, -0.25) is 4.79 Å². The topological polar surface area (TPSA) is 32.3 Å². The Kier molecular flexibility index (Phi) is 6.84. The molecule has 1 aliphatic heterocycles. The molecule has 0 spiro atoms. The highest BCUT2D eigenvalue weighted by molar-refractivity contribution is 5.76. The molecule has 0 aromatic heterocycles. The van der Waals surface area contributed by atoms with Crippen molar-refractivity contribution in [2.45, 2.75) is 59.9 Å². The van der Waals surface area contributed by atoms with E-state index >= 15 is 0 Å². The Labute approximate surface area is 119 Å². The van der Waals surface area contributed by atoms with Gasteiger partial charge in [0.25, 0.3) is 0 Å². The molecule has 112 valence electrons. The predicted molar refractivity (Wildman–Crippen MR) is 81.1 cm³/mol. The second-order valence-corrected chi connectivity index (χ2v) is 7.07. The molecule has 3 nitrogen and oxygen atoms in total. The molecular formula is C16H32N2O. The Balaban J connectivity index is 2.41. The third-order valence-corrected chi connectivity index (χ3v) is 3.75. The fourth-order valence-corrected chi connectivity index (χ4v) is 2.76. The molecular weight excluding hydrogens is 236 g/mol. The minimum absolute atomic E-state index is 0.331. The Bertz CT molecular complexity index is 276. The van der Waals surface area contributed by atoms with Crippen LogP contribution in [0.1, 0.15) is 53.9 Å². The minimum atomic E-state index is 0.331. The first-order valence-corrected chi connectivity index (χ1v) is 7.89. The number of amides is 1. The molecule has 0 saturated carbocycles. The van der Waals surface area contributed by atoms with E-state index in [0.29, 0.717) is 30.2 Å². The smallest absolute Gasteiger partial charge is 0.222 e. The van der Waals surface area contributed by atoms with Crippen LogP contribution in [0.25, 0.3) is 0 Å². The van der Waals surface area contributed by atoms with E-state index in [9.17, 15) is 4.79 Å². The maximum atomic E-state index is 12.2. The van der Waals surface area contributed by atoms with Crippen LogP contribution in [0.2, 0.25) is 0 Å². The van der Waals surface area contributed by atoms with Gasteiger partial charge in [0, 0.05) is 25.6 Å². The molecule has 1 amide bonds. The van der Waals surface area contributed by atoms with Gasteiger partial charge in [0.15, 0.2) is 0 Å². The van der Waals surface area contributed by atoms with E-state index in [2.05, 4.69) is 44.8 Å². The average Bonchev–Trinajstić information content (AvgIpc) is 2.26. The van der Waals surface area contributed by atoms with Crippen molar-refractivity contribution in [2.24, 2.45) is 17.8 Å². The van der Waals surface area contributed by atoms with Crippen LogP contribution in [0, 0.1) is 17.8 Å². The summed E-state index contributed by atoms with van der Waals surface area (Å²) in [5.41, 5.74) is 0. The number of nitrogens with one attached hydrogen (secondary N) is 1. The summed E-state index contributed by atoms with van der Waals surface area (Å²) in [6.45, 7) is 13.9. The van der Waals surface area contributed by atoms with Crippen LogP contribution in [-0.2, 0) is 4.79 Å². The number of likely N-dealkylation sites (tertiary alicyclic amines) is 1. The number of rotatable bonds is 6. The first kappa shape index (κ1) is 16.5. The lowest BCUT2D eigenvalue weighted by atomic mass is 9.95. The van der Waals surface area contributed by atoms with E-state index in [0.717, 1.165) is 25.6 Å². The highest BCUT2D eigenvalue weighted by atomic mass is 16.2. The van der Waals surface area contributed by atoms with Gasteiger partial charge in [0.05, 0.1) is 0 Å². The maximum Gasteiger partial charge on any atom is 0.222 e. The van der Waals surface area contributed by atoms with Gasteiger partial charge >= 0.3 is 0 Å². The second-order valence-electron chi connectivity index (χ2n) is 7.07. The molecule has 1 heterocycles. The molecule has 0 bridgehead atoms. The summed E-state index contributed by atoms with van der Waals surface area (Å²) in [7, 11) is 0. The van der Waals surface area contributed by atoms with Crippen molar-refractivity contribution in [1.29, 1.82) is 0 Å². The quantitative estimate of drug-likeness (QED) is 0.803. The number of hydrogen-bond donors (Lipinski definition) is 1. The van der Waals surface area contributed by atoms with Gasteiger partial charge in [-0.1, -0.05) is 34.6 Å². The van der Waals surface area contributed by atoms with Gasteiger partial charge in [-0.25, -0.2) is 0 Å². The van der Waals surface area contributed by atoms with Crippen molar-refractivity contribution in [3.8, 4) is 0 Å². The van der Waals surface area contributed by atoms with Crippen LogP contribution in [-0.4, -0.2) is 36.5 Å². The normalized spacial score (nSPS) is 24.3. The zero-order chi connectivity index (χ0) is 14.4. The van der Waals surface area contributed by atoms with E-state index in [-0.39, 0.29) is 0 Å². The lowest BCUT2D eigenvalue weighted by molar-refractivity contribution is -0.134. The minimum Gasteiger partial charge on any atom is -0.341 e. The van der Waals surface area contributed by atoms with E-state index in [1.807, 2.05) is 0 Å². The Hall–Kier alpha value is -0.570. The monoisotopic (exact) mass is 268 g/mol. The van der Waals surface area contributed by atoms with E-state index in [1.54, 1.807) is 0 Å². The molecule has 2 atom stereocenters. The summed E-state index contributed by atoms with van der Waals surface area (Å²) in [5, 5.41) is 3.63. The van der Waals surface area contributed by atoms with Gasteiger partial charge < -0.3 is 10.2 Å². The number of nitrogens with zero attached hydrogens (tertiary/aromatic N) is 1. The third kappa shape index (κ3) is 6.42. The molecule has 0 aromatic carbocycles. The lowest BCUT2D eigenvalue weighted by Crippen LogP contribution is -2.51. The molecule has 0 aliphatic carbocycles. The third-order valence-electron chi connectivity index (χ3n) is 3.75. The van der Waals surface area contributed by atoms with E-state index in [1.165, 1.54) is 12.8 Å². The maximum absolute atomic E-state index is 12.2. The van der Waals surface area contributed by atoms with Crippen LogP contribution in [0.15, 0.2) is 0 Å². The average molecular weight is 268 g/mol. The van der Waals surface area contributed by atoms with Crippen LogP contribution >= 0.6 is 0 Å². The summed E-state index contributed by atoms with van der Waals surface area (Å²) < 4.78 is 0. The van der Waals surface area contributed by atoms with Gasteiger partial charge in [0.1, 0.15) is 0 Å². The standard InChI is InChI=1S/C16H32N2O/c1-12(2)6-7-17-15-9-14(5)10-18(11-15)16(19)8-13(3)4/h12-15,17H,6-11H2,1-5H3. The first-order chi connectivity index (χ1) is 8.88. The van der Waals surface area contributed by atoms with E-state index in [4.69, 9.17) is 0 Å². The molecule has 0 radical (unpaired) electrons. The van der Waals surface area contributed by atoms with Crippen molar-refractivity contribution >= 4 is 5.91 Å². The number of piperidine rings is 1. The van der Waals surface area contributed by atoms with Crippen molar-refractivity contribution in [3.63, 3.8) is 0 Å². The Morgan fingerprint density at radius 3 is 2.47 bits per heavy atom. The summed E-state index contributed by atoms with van der Waals surface area (Å²) in [6, 6.07) is 0.485. The number of carbonyl (C=O) groups is 1. The summed E-state index contributed by atoms with van der Waals surface area (Å²) in [6.07, 6.45) is 3.10. The van der Waals surface area contributed by atoms with Crippen molar-refractivity contribution in [1.82, 2.24) is 10.2 Å². The fraction of sp³-hybridized carbons (Fsp3) is 0.938. The predicted octanol–water partition coefficient (Wildman–Crippen LogP) is 2.91. The molecule has 1 fully saturated rings. The largest absolute Gasteiger partial charge is 0.341 e. The summed E-state index contributed by atoms with van der Waals surface area (Å²) >= 11 is 0. The van der Waals surface area contributed by atoms with Crippen LogP contribution in [0.4, 0.5) is 0 Å². The molecule has 0 aromatic rings.